The second-order valence-electron chi connectivity index (χ2n) is 35.1. The van der Waals surface area contributed by atoms with E-state index in [0.29, 0.717) is 0 Å². The van der Waals surface area contributed by atoms with Gasteiger partial charge in [0.15, 0.2) is 0 Å². The minimum absolute atomic E-state index is 1.22. The first-order chi connectivity index (χ1) is 67.5. The van der Waals surface area contributed by atoms with Gasteiger partial charge in [-0.1, -0.05) is 528 Å². The molecule has 0 fully saturated rings. The summed E-state index contributed by atoms with van der Waals surface area (Å²) in [5.74, 6) is 0. The summed E-state index contributed by atoms with van der Waals surface area (Å²) in [5, 5.41) is 17.6. The van der Waals surface area contributed by atoms with Crippen LogP contribution in [0.4, 0.5) is 0 Å². The molecule has 0 atom stereocenters. The summed E-state index contributed by atoms with van der Waals surface area (Å²) in [6.07, 6.45) is 0. The van der Waals surface area contributed by atoms with Crippen LogP contribution in [0.5, 0.6) is 0 Å². The van der Waals surface area contributed by atoms with Crippen molar-refractivity contribution in [3.05, 3.63) is 558 Å². The molecule has 0 saturated heterocycles. The first kappa shape index (κ1) is 82.7. The zero-order valence-electron chi connectivity index (χ0n) is 75.1. The van der Waals surface area contributed by atoms with Crippen LogP contribution in [0.3, 0.4) is 0 Å². The van der Waals surface area contributed by atoms with Crippen molar-refractivity contribution in [3.8, 4) is 167 Å². The minimum atomic E-state index is 1.22. The molecule has 0 bridgehead atoms. The van der Waals surface area contributed by atoms with Crippen LogP contribution in [0.1, 0.15) is 0 Å². The molecule has 0 amide bonds. The summed E-state index contributed by atoms with van der Waals surface area (Å²) < 4.78 is 0. The topological polar surface area (TPSA) is 0 Å². The van der Waals surface area contributed by atoms with Crippen LogP contribution in [-0.2, 0) is 0 Å². The molecule has 25 aromatic rings. The third-order valence-corrected chi connectivity index (χ3v) is 27.0. The Morgan fingerprint density at radius 3 is 0.618 bits per heavy atom. The third-order valence-electron chi connectivity index (χ3n) is 27.0. The van der Waals surface area contributed by atoms with E-state index in [0.717, 1.165) is 0 Å². The van der Waals surface area contributed by atoms with Crippen molar-refractivity contribution < 1.29 is 0 Å². The van der Waals surface area contributed by atoms with Gasteiger partial charge >= 0.3 is 0 Å². The Hall–Kier alpha value is -17.7. The minimum Gasteiger partial charge on any atom is -0.0622 e. The Bertz CT molecular complexity index is 8650. The summed E-state index contributed by atoms with van der Waals surface area (Å²) in [6.45, 7) is 0. The van der Waals surface area contributed by atoms with Crippen LogP contribution < -0.4 is 0 Å². The maximum Gasteiger partial charge on any atom is -0.00201 e. The Morgan fingerprint density at radius 1 is 0.0735 bits per heavy atom. The fourth-order valence-electron chi connectivity index (χ4n) is 20.6. The predicted octanol–water partition coefficient (Wildman–Crippen LogP) is 38.1. The highest BCUT2D eigenvalue weighted by Crippen LogP contribution is 2.52. The molecule has 0 aromatic heterocycles. The molecule has 0 aliphatic carbocycles. The fraction of sp³-hybridized carbons (Fsp3) is 0. The van der Waals surface area contributed by atoms with E-state index in [1.54, 1.807) is 0 Å². The Morgan fingerprint density at radius 2 is 0.265 bits per heavy atom. The van der Waals surface area contributed by atoms with Gasteiger partial charge in [0, 0.05) is 0 Å². The molecule has 136 heavy (non-hydrogen) atoms. The van der Waals surface area contributed by atoms with E-state index in [2.05, 4.69) is 558 Å². The highest BCUT2D eigenvalue weighted by atomic mass is 14.3. The van der Waals surface area contributed by atoms with Gasteiger partial charge in [-0.15, -0.1) is 0 Å². The summed E-state index contributed by atoms with van der Waals surface area (Å²) in [5.41, 5.74) is 37.1. The molecule has 0 aliphatic rings. The van der Waals surface area contributed by atoms with Crippen molar-refractivity contribution in [2.45, 2.75) is 0 Å². The lowest BCUT2D eigenvalue weighted by molar-refractivity contribution is 1.60. The fourth-order valence-corrected chi connectivity index (χ4v) is 20.6. The second kappa shape index (κ2) is 37.3. The van der Waals surface area contributed by atoms with E-state index in [9.17, 15) is 0 Å². The molecule has 636 valence electrons. The lowest BCUT2D eigenvalue weighted by atomic mass is 9.83. The van der Waals surface area contributed by atoms with Gasteiger partial charge in [0.25, 0.3) is 0 Å². The van der Waals surface area contributed by atoms with Crippen molar-refractivity contribution in [2.24, 2.45) is 0 Å². The van der Waals surface area contributed by atoms with Crippen LogP contribution in [0, 0.1) is 0 Å². The van der Waals surface area contributed by atoms with Gasteiger partial charge in [-0.25, -0.2) is 0 Å². The van der Waals surface area contributed by atoms with Crippen LogP contribution in [0.2, 0.25) is 0 Å². The lowest BCUT2D eigenvalue weighted by Crippen LogP contribution is -1.93. The lowest BCUT2D eigenvalue weighted by Gasteiger charge is -2.20. The van der Waals surface area contributed by atoms with Gasteiger partial charge in [-0.2, -0.15) is 0 Å². The number of benzene rings is 25. The van der Waals surface area contributed by atoms with Gasteiger partial charge < -0.3 is 0 Å². The van der Waals surface area contributed by atoms with Gasteiger partial charge in [-0.3, -0.25) is 0 Å². The smallest absolute Gasteiger partial charge is 0.00201 e. The highest BCUT2D eigenvalue weighted by Gasteiger charge is 2.25. The maximum atomic E-state index is 2.43. The van der Waals surface area contributed by atoms with Crippen LogP contribution in [0.25, 0.3) is 242 Å². The Labute approximate surface area is 794 Å². The molecule has 0 saturated carbocycles. The van der Waals surface area contributed by atoms with E-state index in [1.165, 1.54) is 242 Å². The molecule has 0 spiro atoms. The van der Waals surface area contributed by atoms with Crippen molar-refractivity contribution in [2.75, 3.05) is 0 Å². The third kappa shape index (κ3) is 16.3. The van der Waals surface area contributed by atoms with Gasteiger partial charge in [0.05, 0.1) is 0 Å². The van der Waals surface area contributed by atoms with E-state index >= 15 is 0 Å². The molecule has 0 heteroatoms. The van der Waals surface area contributed by atoms with Crippen molar-refractivity contribution >= 4 is 75.4 Å². The average Bonchev–Trinajstić information content (AvgIpc) is 0.739. The predicted molar refractivity (Wildman–Crippen MR) is 583 cm³/mol. The van der Waals surface area contributed by atoms with E-state index in [-0.39, 0.29) is 0 Å². The number of rotatable bonds is 15. The quantitative estimate of drug-likeness (QED) is 0.0898. The van der Waals surface area contributed by atoms with Gasteiger partial charge in [-0.05, 0) is 273 Å². The number of hydrogen-bond acceptors (Lipinski definition) is 0. The molecule has 25 aromatic carbocycles. The SMILES string of the molecule is c1ccc(-c2ccc(-c3c4ccccc4c(-c4cccc(-c5ccccc5)c4)c4ccc(-c5cccc6ccccc56)cc34)cc2)cc1.c1ccc(-c2ccc(-c3c4ccccc4c(-c4cccc(-c5ccccc5)c4)c4ccc(-c5ccccc5)cc34)cc2)cc1.c1ccc(-c2ccc(-c3c4ccccc4c(-c4ccccc4-c4ccccc4)c4ccc(-c5ccccc5)cc34)cc2)cc1. The maximum absolute atomic E-state index is 2.43. The summed E-state index contributed by atoms with van der Waals surface area (Å²) >= 11 is 0. The molecule has 0 heterocycles. The first-order valence-corrected chi connectivity index (χ1v) is 47.0. The molecule has 0 unspecified atom stereocenters. The van der Waals surface area contributed by atoms with E-state index in [1.807, 2.05) is 0 Å². The zero-order valence-corrected chi connectivity index (χ0v) is 75.1. The standard InChI is InChI=1S/C48H32.2C44H30/c1-3-13-33(14-4-1)35-25-27-37(28-26-35)47-43-22-9-10-23-44(43)48(40-20-11-19-38(31-40)34-15-5-2-6-16-34)45-30-29-39(32-46(45)47)42-24-12-18-36-17-7-8-21-41(36)42;1-4-14-31(15-5-1)33-24-26-35(27-25-33)43-39-22-12-13-23-40(39)44(38-21-11-10-20-37(38)34-18-8-3-9-19-34)41-29-28-36(30-42(41)43)32-16-6-2-7-17-32;1-4-13-31(14-5-1)34-23-25-35(26-24-34)43-39-21-10-11-22-40(39)44(38-20-12-19-36(29-38)32-15-6-2-7-16-32)41-28-27-37(30-42(41)43)33-17-8-3-9-18-33/h1-32H;2*1-30H. The van der Waals surface area contributed by atoms with Crippen molar-refractivity contribution in [1.29, 1.82) is 0 Å². The normalized spacial score (nSPS) is 11.2. The first-order valence-electron chi connectivity index (χ1n) is 47.0. The molecule has 0 nitrogen and oxygen atoms in total. The van der Waals surface area contributed by atoms with E-state index < -0.39 is 0 Å². The Kier molecular flexibility index (Phi) is 22.7. The van der Waals surface area contributed by atoms with Gasteiger partial charge in [0.2, 0.25) is 0 Å². The largest absolute Gasteiger partial charge is 0.0622 e. The number of hydrogen-bond donors (Lipinski definition) is 0. The average molecular weight is 1730 g/mol. The second-order valence-corrected chi connectivity index (χ2v) is 35.1. The summed E-state index contributed by atoms with van der Waals surface area (Å²) in [4.78, 5) is 0. The van der Waals surface area contributed by atoms with Gasteiger partial charge in [0.1, 0.15) is 0 Å². The molecule has 25 rings (SSSR count). The summed E-state index contributed by atoms with van der Waals surface area (Å²) in [7, 11) is 0. The van der Waals surface area contributed by atoms with Crippen LogP contribution in [0.15, 0.2) is 558 Å². The van der Waals surface area contributed by atoms with Crippen molar-refractivity contribution in [3.63, 3.8) is 0 Å². The van der Waals surface area contributed by atoms with E-state index in [4.69, 9.17) is 0 Å². The molecular weight excluding hydrogens is 1630 g/mol. The number of fused-ring (bicyclic) bond motifs is 7. The zero-order chi connectivity index (χ0) is 90.5. The van der Waals surface area contributed by atoms with Crippen LogP contribution in [-0.4, -0.2) is 0 Å². The molecular formula is C136H92. The van der Waals surface area contributed by atoms with Crippen LogP contribution >= 0.6 is 0 Å². The monoisotopic (exact) mass is 1720 g/mol. The Balaban J connectivity index is 0.000000115. The summed E-state index contributed by atoms with van der Waals surface area (Å²) in [6, 6.07) is 203. The van der Waals surface area contributed by atoms with Crippen molar-refractivity contribution in [1.82, 2.24) is 0 Å². The molecule has 0 aliphatic heterocycles. The molecule has 0 N–H and O–H groups in total. The molecule has 0 radical (unpaired) electrons. The highest BCUT2D eigenvalue weighted by molar-refractivity contribution is 6.26.